The first kappa shape index (κ1) is 12.3. The highest BCUT2D eigenvalue weighted by molar-refractivity contribution is 5.83. The van der Waals surface area contributed by atoms with E-state index in [2.05, 4.69) is 17.4 Å². The average Bonchev–Trinajstić information content (AvgIpc) is 2.99. The van der Waals surface area contributed by atoms with Gasteiger partial charge in [0, 0.05) is 23.3 Å². The summed E-state index contributed by atoms with van der Waals surface area (Å²) in [5.41, 5.74) is 2.24. The van der Waals surface area contributed by atoms with Gasteiger partial charge in [0.2, 0.25) is 5.91 Å². The third-order valence-corrected chi connectivity index (χ3v) is 3.76. The number of fused-ring (bicyclic) bond motifs is 1. The van der Waals surface area contributed by atoms with Crippen LogP contribution in [0.3, 0.4) is 0 Å². The standard InChI is InChI=1S/C16H19NO2/c1-9(2)16(18)17-14-8-12(14)11-5-4-6-15-13(11)7-10(3)19-15/h4-7,9,12,14H,8H2,1-3H3,(H,17,18). The highest BCUT2D eigenvalue weighted by Gasteiger charge is 2.40. The molecule has 0 saturated heterocycles. The molecule has 0 spiro atoms. The number of aryl methyl sites for hydroxylation is 1. The Morgan fingerprint density at radius 1 is 1.42 bits per heavy atom. The van der Waals surface area contributed by atoms with Crippen LogP contribution in [0.4, 0.5) is 0 Å². The number of hydrogen-bond donors (Lipinski definition) is 1. The van der Waals surface area contributed by atoms with E-state index in [0.717, 1.165) is 17.8 Å². The van der Waals surface area contributed by atoms with Crippen LogP contribution in [0.25, 0.3) is 11.0 Å². The maximum atomic E-state index is 11.7. The second-order valence-corrected chi connectivity index (χ2v) is 5.73. The Labute approximate surface area is 113 Å². The largest absolute Gasteiger partial charge is 0.461 e. The van der Waals surface area contributed by atoms with Crippen molar-refractivity contribution in [2.75, 3.05) is 0 Å². The third kappa shape index (κ3) is 2.25. The molecule has 1 saturated carbocycles. The van der Waals surface area contributed by atoms with Gasteiger partial charge >= 0.3 is 0 Å². The number of rotatable bonds is 3. The van der Waals surface area contributed by atoms with E-state index < -0.39 is 0 Å². The summed E-state index contributed by atoms with van der Waals surface area (Å²) in [5.74, 6) is 1.56. The van der Waals surface area contributed by atoms with E-state index in [-0.39, 0.29) is 17.9 Å². The molecule has 0 bridgehead atoms. The van der Waals surface area contributed by atoms with Gasteiger partial charge in [0.05, 0.1) is 0 Å². The summed E-state index contributed by atoms with van der Waals surface area (Å²) in [5, 5.41) is 4.29. The quantitative estimate of drug-likeness (QED) is 0.916. The molecule has 3 rings (SSSR count). The summed E-state index contributed by atoms with van der Waals surface area (Å²) in [6.45, 7) is 5.81. The molecule has 1 aromatic carbocycles. The van der Waals surface area contributed by atoms with Gasteiger partial charge in [0.15, 0.2) is 0 Å². The highest BCUT2D eigenvalue weighted by atomic mass is 16.3. The normalized spacial score (nSPS) is 21.9. The fraction of sp³-hybridized carbons (Fsp3) is 0.438. The average molecular weight is 257 g/mol. The van der Waals surface area contributed by atoms with Crippen LogP contribution in [0.15, 0.2) is 28.7 Å². The molecule has 1 aromatic heterocycles. The molecule has 2 aromatic rings. The number of furan rings is 1. The molecule has 1 amide bonds. The molecule has 19 heavy (non-hydrogen) atoms. The molecular formula is C16H19NO2. The topological polar surface area (TPSA) is 42.2 Å². The van der Waals surface area contributed by atoms with Crippen molar-refractivity contribution >= 4 is 16.9 Å². The van der Waals surface area contributed by atoms with Gasteiger partial charge in [-0.1, -0.05) is 26.0 Å². The maximum Gasteiger partial charge on any atom is 0.222 e. The molecule has 3 nitrogen and oxygen atoms in total. The van der Waals surface area contributed by atoms with E-state index in [9.17, 15) is 4.79 Å². The Hall–Kier alpha value is -1.77. The van der Waals surface area contributed by atoms with Crippen molar-refractivity contribution in [2.24, 2.45) is 5.92 Å². The molecule has 1 aliphatic carbocycles. The Morgan fingerprint density at radius 2 is 2.21 bits per heavy atom. The number of carbonyl (C=O) groups excluding carboxylic acids is 1. The molecule has 3 heteroatoms. The summed E-state index contributed by atoms with van der Waals surface area (Å²) in [6.07, 6.45) is 1.03. The second-order valence-electron chi connectivity index (χ2n) is 5.73. The zero-order chi connectivity index (χ0) is 13.6. The smallest absolute Gasteiger partial charge is 0.222 e. The van der Waals surface area contributed by atoms with Crippen LogP contribution in [0.5, 0.6) is 0 Å². The Balaban J connectivity index is 1.81. The zero-order valence-corrected chi connectivity index (χ0v) is 11.6. The van der Waals surface area contributed by atoms with E-state index in [1.807, 2.05) is 32.9 Å². The summed E-state index contributed by atoms with van der Waals surface area (Å²) in [4.78, 5) is 11.7. The number of amides is 1. The first-order valence-electron chi connectivity index (χ1n) is 6.85. The van der Waals surface area contributed by atoms with Gasteiger partial charge in [0.25, 0.3) is 0 Å². The Morgan fingerprint density at radius 3 is 2.95 bits per heavy atom. The van der Waals surface area contributed by atoms with Crippen molar-refractivity contribution in [1.82, 2.24) is 5.32 Å². The third-order valence-electron chi connectivity index (χ3n) is 3.76. The van der Waals surface area contributed by atoms with E-state index in [1.54, 1.807) is 0 Å². The Kier molecular flexibility index (Phi) is 2.85. The highest BCUT2D eigenvalue weighted by Crippen LogP contribution is 2.44. The van der Waals surface area contributed by atoms with Crippen LogP contribution < -0.4 is 5.32 Å². The van der Waals surface area contributed by atoms with Gasteiger partial charge in [-0.3, -0.25) is 4.79 Å². The van der Waals surface area contributed by atoms with Crippen molar-refractivity contribution < 1.29 is 9.21 Å². The van der Waals surface area contributed by atoms with Crippen LogP contribution >= 0.6 is 0 Å². The van der Waals surface area contributed by atoms with Crippen molar-refractivity contribution in [3.05, 3.63) is 35.6 Å². The maximum absolute atomic E-state index is 11.7. The lowest BCUT2D eigenvalue weighted by Gasteiger charge is -2.07. The van der Waals surface area contributed by atoms with Crippen molar-refractivity contribution in [1.29, 1.82) is 0 Å². The van der Waals surface area contributed by atoms with Gasteiger partial charge in [-0.05, 0) is 31.0 Å². The molecule has 100 valence electrons. The Bertz CT molecular complexity index is 627. The molecular weight excluding hydrogens is 238 g/mol. The van der Waals surface area contributed by atoms with Gasteiger partial charge in [-0.15, -0.1) is 0 Å². The fourth-order valence-electron chi connectivity index (χ4n) is 2.58. The summed E-state index contributed by atoms with van der Waals surface area (Å²) < 4.78 is 5.65. The van der Waals surface area contributed by atoms with Gasteiger partial charge in [0.1, 0.15) is 11.3 Å². The molecule has 1 heterocycles. The first-order chi connectivity index (χ1) is 9.06. The van der Waals surface area contributed by atoms with E-state index >= 15 is 0 Å². The minimum Gasteiger partial charge on any atom is -0.461 e. The lowest BCUT2D eigenvalue weighted by molar-refractivity contribution is -0.124. The minimum atomic E-state index is 0.0493. The van der Waals surface area contributed by atoms with E-state index in [4.69, 9.17) is 4.42 Å². The lowest BCUT2D eigenvalue weighted by Crippen LogP contribution is -2.30. The van der Waals surface area contributed by atoms with Gasteiger partial charge in [-0.2, -0.15) is 0 Å². The van der Waals surface area contributed by atoms with E-state index in [1.165, 1.54) is 10.9 Å². The molecule has 2 unspecified atom stereocenters. The van der Waals surface area contributed by atoms with Crippen molar-refractivity contribution in [3.63, 3.8) is 0 Å². The van der Waals surface area contributed by atoms with Crippen LogP contribution in [-0.2, 0) is 4.79 Å². The lowest BCUT2D eigenvalue weighted by atomic mass is 10.1. The monoisotopic (exact) mass is 257 g/mol. The summed E-state index contributed by atoms with van der Waals surface area (Å²) >= 11 is 0. The SMILES string of the molecule is Cc1cc2c(C3CC3NC(=O)C(C)C)cccc2o1. The van der Waals surface area contributed by atoms with Crippen LogP contribution in [0.2, 0.25) is 0 Å². The number of benzene rings is 1. The second kappa shape index (κ2) is 4.41. The van der Waals surface area contributed by atoms with Crippen LogP contribution in [0, 0.1) is 12.8 Å². The fourth-order valence-corrected chi connectivity index (χ4v) is 2.58. The number of hydrogen-bond acceptors (Lipinski definition) is 2. The van der Waals surface area contributed by atoms with Gasteiger partial charge < -0.3 is 9.73 Å². The molecule has 1 N–H and O–H groups in total. The number of carbonyl (C=O) groups is 1. The van der Waals surface area contributed by atoms with Crippen molar-refractivity contribution in [3.8, 4) is 0 Å². The molecule has 0 aliphatic heterocycles. The predicted octanol–water partition coefficient (Wildman–Crippen LogP) is 3.37. The molecule has 1 fully saturated rings. The summed E-state index contributed by atoms with van der Waals surface area (Å²) in [7, 11) is 0. The van der Waals surface area contributed by atoms with Crippen LogP contribution in [-0.4, -0.2) is 11.9 Å². The van der Waals surface area contributed by atoms with Gasteiger partial charge in [-0.25, -0.2) is 0 Å². The van der Waals surface area contributed by atoms with Crippen LogP contribution in [0.1, 0.15) is 37.5 Å². The minimum absolute atomic E-state index is 0.0493. The number of nitrogens with one attached hydrogen (secondary N) is 1. The molecule has 1 aliphatic rings. The predicted molar refractivity (Wildman–Crippen MR) is 75.1 cm³/mol. The zero-order valence-electron chi connectivity index (χ0n) is 11.6. The van der Waals surface area contributed by atoms with Crippen molar-refractivity contribution in [2.45, 2.75) is 39.2 Å². The first-order valence-corrected chi connectivity index (χ1v) is 6.85. The summed E-state index contributed by atoms with van der Waals surface area (Å²) in [6, 6.07) is 8.54. The molecule has 0 radical (unpaired) electrons. The van der Waals surface area contributed by atoms with E-state index in [0.29, 0.717) is 5.92 Å². The molecule has 2 atom stereocenters.